The molecule has 0 amide bonds. The third-order valence-electron chi connectivity index (χ3n) is 4.69. The first-order valence-corrected chi connectivity index (χ1v) is 10.1. The average Bonchev–Trinajstić information content (AvgIpc) is 3.03. The highest BCUT2D eigenvalue weighted by molar-refractivity contribution is 7.19. The normalized spacial score (nSPS) is 11.3. The van der Waals surface area contributed by atoms with Gasteiger partial charge in [-0.1, -0.05) is 48.4 Å². The molecule has 2 aromatic carbocycles. The van der Waals surface area contributed by atoms with Crippen LogP contribution < -0.4 is 5.56 Å². The number of aryl methyl sites for hydroxylation is 3. The van der Waals surface area contributed by atoms with E-state index in [1.165, 1.54) is 0 Å². The summed E-state index contributed by atoms with van der Waals surface area (Å²) in [5, 5.41) is 1.39. The van der Waals surface area contributed by atoms with Gasteiger partial charge in [-0.05, 0) is 49.6 Å². The average molecular weight is 395 g/mol. The number of aromatic amines is 1. The van der Waals surface area contributed by atoms with E-state index in [2.05, 4.69) is 11.9 Å². The monoisotopic (exact) mass is 394 g/mol. The summed E-state index contributed by atoms with van der Waals surface area (Å²) in [6.07, 6.45) is 0.844. The summed E-state index contributed by atoms with van der Waals surface area (Å²) >= 11 is 7.78. The van der Waals surface area contributed by atoms with Gasteiger partial charge in [0.05, 0.1) is 5.39 Å². The van der Waals surface area contributed by atoms with Gasteiger partial charge in [-0.25, -0.2) is 4.98 Å². The highest BCUT2D eigenvalue weighted by Gasteiger charge is 2.19. The van der Waals surface area contributed by atoms with E-state index in [4.69, 9.17) is 16.6 Å². The van der Waals surface area contributed by atoms with Crippen molar-refractivity contribution >= 4 is 33.2 Å². The summed E-state index contributed by atoms with van der Waals surface area (Å²) in [4.78, 5) is 22.7. The highest BCUT2D eigenvalue weighted by Crippen LogP contribution is 2.38. The molecule has 5 heteroatoms. The molecular formula is C22H19ClN2OS. The summed E-state index contributed by atoms with van der Waals surface area (Å²) in [6, 6.07) is 13.9. The van der Waals surface area contributed by atoms with Crippen molar-refractivity contribution in [1.29, 1.82) is 0 Å². The van der Waals surface area contributed by atoms with Crippen LogP contribution >= 0.6 is 22.9 Å². The fourth-order valence-electron chi connectivity index (χ4n) is 3.34. The molecule has 0 saturated heterocycles. The highest BCUT2D eigenvalue weighted by atomic mass is 35.5. The molecule has 0 spiro atoms. The van der Waals surface area contributed by atoms with Gasteiger partial charge < -0.3 is 4.98 Å². The van der Waals surface area contributed by atoms with Gasteiger partial charge in [0, 0.05) is 21.0 Å². The summed E-state index contributed by atoms with van der Waals surface area (Å²) in [5.41, 5.74) is 4.93. The molecule has 0 bridgehead atoms. The van der Waals surface area contributed by atoms with Crippen LogP contribution in [0.4, 0.5) is 0 Å². The molecule has 1 N–H and O–H groups in total. The molecule has 0 unspecified atom stereocenters. The SMILES string of the molecule is CCc1sc2nc(-c3cccc(C)c3)[nH]c(=O)c2c1-c1ccc(Cl)c(C)c1. The third kappa shape index (κ3) is 3.20. The number of aromatic nitrogens is 2. The molecule has 136 valence electrons. The van der Waals surface area contributed by atoms with Gasteiger partial charge in [0.2, 0.25) is 0 Å². The minimum Gasteiger partial charge on any atom is -0.306 e. The second-order valence-electron chi connectivity index (χ2n) is 6.68. The lowest BCUT2D eigenvalue weighted by atomic mass is 10.0. The predicted molar refractivity (Wildman–Crippen MR) is 115 cm³/mol. The van der Waals surface area contributed by atoms with Crippen LogP contribution in [0, 0.1) is 13.8 Å². The van der Waals surface area contributed by atoms with Gasteiger partial charge >= 0.3 is 0 Å². The lowest BCUT2D eigenvalue weighted by Gasteiger charge is -2.06. The summed E-state index contributed by atoms with van der Waals surface area (Å²) in [5.74, 6) is 0.610. The van der Waals surface area contributed by atoms with Crippen molar-refractivity contribution in [2.75, 3.05) is 0 Å². The Hall–Kier alpha value is -2.43. The maximum atomic E-state index is 13.0. The van der Waals surface area contributed by atoms with E-state index in [0.717, 1.165) is 49.0 Å². The smallest absolute Gasteiger partial charge is 0.260 e. The first-order valence-electron chi connectivity index (χ1n) is 8.87. The van der Waals surface area contributed by atoms with Gasteiger partial charge in [-0.3, -0.25) is 4.79 Å². The van der Waals surface area contributed by atoms with Crippen molar-refractivity contribution in [3.05, 3.63) is 73.8 Å². The first kappa shape index (κ1) is 18.0. The van der Waals surface area contributed by atoms with Crippen LogP contribution in [-0.2, 0) is 6.42 Å². The number of H-pyrrole nitrogens is 1. The second-order valence-corrected chi connectivity index (χ2v) is 8.17. The van der Waals surface area contributed by atoms with Crippen molar-refractivity contribution < 1.29 is 0 Å². The van der Waals surface area contributed by atoms with E-state index >= 15 is 0 Å². The second kappa shape index (κ2) is 6.95. The third-order valence-corrected chi connectivity index (χ3v) is 6.35. The Morgan fingerprint density at radius 2 is 1.93 bits per heavy atom. The number of hydrogen-bond acceptors (Lipinski definition) is 3. The molecule has 0 aliphatic heterocycles. The fraction of sp³-hybridized carbons (Fsp3) is 0.182. The maximum Gasteiger partial charge on any atom is 0.260 e. The van der Waals surface area contributed by atoms with Crippen molar-refractivity contribution in [3.8, 4) is 22.5 Å². The van der Waals surface area contributed by atoms with E-state index < -0.39 is 0 Å². The van der Waals surface area contributed by atoms with Gasteiger partial charge in [0.1, 0.15) is 10.7 Å². The lowest BCUT2D eigenvalue weighted by molar-refractivity contribution is 1.18. The van der Waals surface area contributed by atoms with E-state index in [1.807, 2.05) is 56.3 Å². The molecule has 0 aliphatic carbocycles. The topological polar surface area (TPSA) is 45.8 Å². The van der Waals surface area contributed by atoms with Crippen molar-refractivity contribution in [1.82, 2.24) is 9.97 Å². The van der Waals surface area contributed by atoms with Gasteiger partial charge in [0.15, 0.2) is 0 Å². The van der Waals surface area contributed by atoms with Crippen molar-refractivity contribution in [2.45, 2.75) is 27.2 Å². The van der Waals surface area contributed by atoms with E-state index in [9.17, 15) is 4.79 Å². The number of rotatable bonds is 3. The number of halogens is 1. The van der Waals surface area contributed by atoms with E-state index in [-0.39, 0.29) is 5.56 Å². The minimum absolute atomic E-state index is 0.102. The molecule has 0 fully saturated rings. The number of benzene rings is 2. The number of fused-ring (bicyclic) bond motifs is 1. The zero-order chi connectivity index (χ0) is 19.1. The first-order chi connectivity index (χ1) is 13.0. The predicted octanol–water partition coefficient (Wildman–Crippen LogP) is 6.15. The summed E-state index contributed by atoms with van der Waals surface area (Å²) in [6.45, 7) is 6.11. The standard InChI is InChI=1S/C22H19ClN2OS/c1-4-17-18(14-8-9-16(23)13(3)11-14)19-21(26)24-20(25-22(19)27-17)15-7-5-6-12(2)10-15/h5-11H,4H2,1-3H3,(H,24,25,26). The van der Waals surface area contributed by atoms with Crippen LogP contribution in [0.3, 0.4) is 0 Å². The number of nitrogens with one attached hydrogen (secondary N) is 1. The largest absolute Gasteiger partial charge is 0.306 e. The summed E-state index contributed by atoms with van der Waals surface area (Å²) in [7, 11) is 0. The van der Waals surface area contributed by atoms with E-state index in [0.29, 0.717) is 11.2 Å². The van der Waals surface area contributed by atoms with Crippen LogP contribution in [-0.4, -0.2) is 9.97 Å². The molecule has 2 aromatic heterocycles. The van der Waals surface area contributed by atoms with Crippen LogP contribution in [0.1, 0.15) is 22.9 Å². The summed E-state index contributed by atoms with van der Waals surface area (Å²) < 4.78 is 0. The molecule has 0 radical (unpaired) electrons. The number of thiophene rings is 1. The maximum absolute atomic E-state index is 13.0. The van der Waals surface area contributed by atoms with Crippen LogP contribution in [0.15, 0.2) is 47.3 Å². The zero-order valence-electron chi connectivity index (χ0n) is 15.4. The number of hydrogen-bond donors (Lipinski definition) is 1. The zero-order valence-corrected chi connectivity index (χ0v) is 17.0. The number of nitrogens with zero attached hydrogens (tertiary/aromatic N) is 1. The molecule has 0 saturated carbocycles. The Labute approximate surface area is 166 Å². The molecule has 4 rings (SSSR count). The van der Waals surface area contributed by atoms with Crippen LogP contribution in [0.2, 0.25) is 5.02 Å². The Morgan fingerprint density at radius 3 is 2.63 bits per heavy atom. The fourth-order valence-corrected chi connectivity index (χ4v) is 4.59. The Morgan fingerprint density at radius 1 is 1.11 bits per heavy atom. The molecule has 4 aromatic rings. The van der Waals surface area contributed by atoms with Crippen LogP contribution in [0.5, 0.6) is 0 Å². The van der Waals surface area contributed by atoms with Gasteiger partial charge in [0.25, 0.3) is 5.56 Å². The molecule has 27 heavy (non-hydrogen) atoms. The molecule has 0 aliphatic rings. The quantitative estimate of drug-likeness (QED) is 0.452. The minimum atomic E-state index is -0.102. The molecule has 3 nitrogen and oxygen atoms in total. The van der Waals surface area contributed by atoms with Crippen molar-refractivity contribution in [2.24, 2.45) is 0 Å². The molecular weight excluding hydrogens is 376 g/mol. The van der Waals surface area contributed by atoms with Gasteiger partial charge in [-0.2, -0.15) is 0 Å². The Kier molecular flexibility index (Phi) is 4.62. The van der Waals surface area contributed by atoms with Crippen LogP contribution in [0.25, 0.3) is 32.7 Å². The molecule has 2 heterocycles. The van der Waals surface area contributed by atoms with E-state index in [1.54, 1.807) is 11.3 Å². The Balaban J connectivity index is 1.98. The van der Waals surface area contributed by atoms with Gasteiger partial charge in [-0.15, -0.1) is 11.3 Å². The lowest BCUT2D eigenvalue weighted by Crippen LogP contribution is -2.09. The molecule has 0 atom stereocenters. The van der Waals surface area contributed by atoms with Crippen molar-refractivity contribution in [3.63, 3.8) is 0 Å². The Bertz CT molecular complexity index is 1220.